The van der Waals surface area contributed by atoms with Crippen LogP contribution in [-0.2, 0) is 7.05 Å². The van der Waals surface area contributed by atoms with E-state index in [1.807, 2.05) is 12.1 Å². The average Bonchev–Trinajstić information content (AvgIpc) is 3.10. The van der Waals surface area contributed by atoms with Crippen LogP contribution in [0.3, 0.4) is 0 Å². The van der Waals surface area contributed by atoms with E-state index in [-0.39, 0.29) is 17.4 Å². The second-order valence-electron chi connectivity index (χ2n) is 7.59. The van der Waals surface area contributed by atoms with Crippen molar-refractivity contribution in [1.29, 1.82) is 0 Å². The Labute approximate surface area is 172 Å². The SMILES string of the molecule is Cn1cc(C(=O)Nc2cccc3c2C2CCC3[C@@H](CCl)[C@H]2CCl)c(C(F)F)n1. The fourth-order valence-corrected chi connectivity index (χ4v) is 5.92. The van der Waals surface area contributed by atoms with Gasteiger partial charge < -0.3 is 5.32 Å². The molecule has 0 saturated heterocycles. The van der Waals surface area contributed by atoms with Gasteiger partial charge in [0.2, 0.25) is 0 Å². The molecule has 5 rings (SSSR count). The molecule has 0 radical (unpaired) electrons. The molecule has 0 spiro atoms. The van der Waals surface area contributed by atoms with Gasteiger partial charge in [-0.25, -0.2) is 8.78 Å². The molecule has 1 saturated carbocycles. The molecule has 2 bridgehead atoms. The average molecular weight is 428 g/mol. The van der Waals surface area contributed by atoms with Crippen LogP contribution in [0.2, 0.25) is 0 Å². The molecule has 4 nitrogen and oxygen atoms in total. The van der Waals surface area contributed by atoms with E-state index in [4.69, 9.17) is 23.2 Å². The molecule has 0 aliphatic heterocycles. The summed E-state index contributed by atoms with van der Waals surface area (Å²) in [6, 6.07) is 5.81. The topological polar surface area (TPSA) is 46.9 Å². The first-order chi connectivity index (χ1) is 13.5. The highest BCUT2D eigenvalue weighted by Gasteiger charge is 2.47. The minimum Gasteiger partial charge on any atom is -0.322 e. The second-order valence-corrected chi connectivity index (χ2v) is 8.21. The normalized spacial score (nSPS) is 25.8. The van der Waals surface area contributed by atoms with E-state index < -0.39 is 18.0 Å². The first-order valence-corrected chi connectivity index (χ1v) is 10.4. The Balaban J connectivity index is 1.71. The number of hydrogen-bond acceptors (Lipinski definition) is 2. The Morgan fingerprint density at radius 2 is 1.93 bits per heavy atom. The first-order valence-electron chi connectivity index (χ1n) is 9.34. The molecule has 1 N–H and O–H groups in total. The number of nitrogens with one attached hydrogen (secondary N) is 1. The molecule has 4 atom stereocenters. The number of anilines is 1. The number of alkyl halides is 4. The highest BCUT2D eigenvalue weighted by Crippen LogP contribution is 2.57. The van der Waals surface area contributed by atoms with Crippen molar-refractivity contribution in [3.8, 4) is 0 Å². The molecule has 2 aromatic rings. The number of fused-ring (bicyclic) bond motifs is 2. The molecule has 1 heterocycles. The maximum atomic E-state index is 13.2. The number of amides is 1. The summed E-state index contributed by atoms with van der Waals surface area (Å²) in [6.45, 7) is 0. The van der Waals surface area contributed by atoms with Crippen molar-refractivity contribution in [3.63, 3.8) is 0 Å². The lowest BCUT2D eigenvalue weighted by atomic mass is 9.57. The summed E-state index contributed by atoms with van der Waals surface area (Å²) in [7, 11) is 1.52. The Kier molecular flexibility index (Phi) is 5.36. The van der Waals surface area contributed by atoms with Gasteiger partial charge in [0.1, 0.15) is 5.69 Å². The Bertz CT molecular complexity index is 902. The predicted molar refractivity (Wildman–Crippen MR) is 106 cm³/mol. The van der Waals surface area contributed by atoms with E-state index in [2.05, 4.69) is 16.5 Å². The summed E-state index contributed by atoms with van der Waals surface area (Å²) in [5, 5.41) is 6.57. The fraction of sp³-hybridized carbons (Fsp3) is 0.500. The predicted octanol–water partition coefficient (Wildman–Crippen LogP) is 5.29. The van der Waals surface area contributed by atoms with Crippen molar-refractivity contribution in [1.82, 2.24) is 9.78 Å². The molecular formula is C20H21Cl2F2N3O. The van der Waals surface area contributed by atoms with Crippen molar-refractivity contribution in [2.75, 3.05) is 17.1 Å². The Morgan fingerprint density at radius 3 is 2.61 bits per heavy atom. The van der Waals surface area contributed by atoms with Gasteiger partial charge in [0.15, 0.2) is 0 Å². The van der Waals surface area contributed by atoms with E-state index in [1.54, 1.807) is 0 Å². The van der Waals surface area contributed by atoms with E-state index in [0.717, 1.165) is 18.4 Å². The maximum absolute atomic E-state index is 13.2. The van der Waals surface area contributed by atoms with Crippen LogP contribution in [0, 0.1) is 11.8 Å². The van der Waals surface area contributed by atoms with Crippen molar-refractivity contribution in [2.45, 2.75) is 31.1 Å². The molecule has 1 aromatic heterocycles. The number of aryl methyl sites for hydroxylation is 1. The van der Waals surface area contributed by atoms with E-state index in [0.29, 0.717) is 29.3 Å². The van der Waals surface area contributed by atoms with Crippen molar-refractivity contribution >= 4 is 34.8 Å². The summed E-state index contributed by atoms with van der Waals surface area (Å²) in [6.07, 6.45) is 0.555. The number of aromatic nitrogens is 2. The zero-order chi connectivity index (χ0) is 20.0. The van der Waals surface area contributed by atoms with E-state index >= 15 is 0 Å². The van der Waals surface area contributed by atoms with Gasteiger partial charge in [0.25, 0.3) is 12.3 Å². The first kappa shape index (κ1) is 19.6. The summed E-state index contributed by atoms with van der Waals surface area (Å²) < 4.78 is 27.7. The Morgan fingerprint density at radius 1 is 1.25 bits per heavy atom. The zero-order valence-corrected chi connectivity index (χ0v) is 16.9. The van der Waals surface area contributed by atoms with Gasteiger partial charge in [-0.1, -0.05) is 12.1 Å². The van der Waals surface area contributed by atoms with Crippen LogP contribution in [0.25, 0.3) is 0 Å². The van der Waals surface area contributed by atoms with Crippen LogP contribution in [0.1, 0.15) is 58.3 Å². The molecule has 2 unspecified atom stereocenters. The van der Waals surface area contributed by atoms with E-state index in [1.165, 1.54) is 23.5 Å². The molecule has 1 amide bonds. The lowest BCUT2D eigenvalue weighted by Crippen LogP contribution is -2.40. The number of nitrogens with zero attached hydrogens (tertiary/aromatic N) is 2. The minimum absolute atomic E-state index is 0.108. The van der Waals surface area contributed by atoms with Crippen LogP contribution in [0.5, 0.6) is 0 Å². The van der Waals surface area contributed by atoms with Gasteiger partial charge in [-0.05, 0) is 53.7 Å². The van der Waals surface area contributed by atoms with Crippen molar-refractivity contribution < 1.29 is 13.6 Å². The largest absolute Gasteiger partial charge is 0.322 e. The van der Waals surface area contributed by atoms with Gasteiger partial charge in [0, 0.05) is 30.7 Å². The summed E-state index contributed by atoms with van der Waals surface area (Å²) in [4.78, 5) is 12.8. The van der Waals surface area contributed by atoms with Crippen LogP contribution >= 0.6 is 23.2 Å². The zero-order valence-electron chi connectivity index (χ0n) is 15.3. The van der Waals surface area contributed by atoms with Gasteiger partial charge in [-0.3, -0.25) is 9.48 Å². The summed E-state index contributed by atoms with van der Waals surface area (Å²) >= 11 is 12.5. The highest BCUT2D eigenvalue weighted by molar-refractivity contribution is 6.19. The smallest absolute Gasteiger partial charge is 0.282 e. The van der Waals surface area contributed by atoms with Crippen LogP contribution < -0.4 is 5.32 Å². The third-order valence-electron chi connectivity index (χ3n) is 6.20. The van der Waals surface area contributed by atoms with Crippen molar-refractivity contribution in [3.05, 3.63) is 46.8 Å². The van der Waals surface area contributed by atoms with Crippen LogP contribution in [-0.4, -0.2) is 27.4 Å². The lowest BCUT2D eigenvalue weighted by molar-refractivity contribution is 0.101. The molecule has 3 aliphatic carbocycles. The fourth-order valence-electron chi connectivity index (χ4n) is 5.03. The minimum atomic E-state index is -2.81. The lowest BCUT2D eigenvalue weighted by Gasteiger charge is -2.49. The van der Waals surface area contributed by atoms with E-state index in [9.17, 15) is 13.6 Å². The molecule has 8 heteroatoms. The number of carbonyl (C=O) groups is 1. The van der Waals surface area contributed by atoms with Crippen LogP contribution in [0.4, 0.5) is 14.5 Å². The molecule has 150 valence electrons. The molecular weight excluding hydrogens is 407 g/mol. The maximum Gasteiger partial charge on any atom is 0.282 e. The number of benzene rings is 1. The van der Waals surface area contributed by atoms with Gasteiger partial charge in [-0.2, -0.15) is 5.10 Å². The van der Waals surface area contributed by atoms with Crippen molar-refractivity contribution in [2.24, 2.45) is 18.9 Å². The van der Waals surface area contributed by atoms with Crippen LogP contribution in [0.15, 0.2) is 24.4 Å². The van der Waals surface area contributed by atoms with Gasteiger partial charge >= 0.3 is 0 Å². The molecule has 28 heavy (non-hydrogen) atoms. The molecule has 3 aliphatic rings. The third kappa shape index (κ3) is 3.11. The quantitative estimate of drug-likeness (QED) is 0.658. The number of rotatable bonds is 5. The Hall–Kier alpha value is -1.66. The monoisotopic (exact) mass is 427 g/mol. The third-order valence-corrected chi connectivity index (χ3v) is 6.91. The standard InChI is InChI=1S/C20H21Cl2F2N3O/c1-27-9-15(18(26-27)19(23)24)20(28)25-16-4-2-3-11-10-5-6-12(17(11)16)14(8-22)13(10)7-21/h2-4,9-10,12-14,19H,5-8H2,1H3,(H,25,28)/t10?,12?,13-,14+/m1/s1. The number of hydrogen-bond donors (Lipinski definition) is 1. The summed E-state index contributed by atoms with van der Waals surface area (Å²) in [5.41, 5.74) is 2.34. The highest BCUT2D eigenvalue weighted by atomic mass is 35.5. The molecule has 1 fully saturated rings. The van der Waals surface area contributed by atoms with Gasteiger partial charge in [-0.15, -0.1) is 23.2 Å². The van der Waals surface area contributed by atoms with Gasteiger partial charge in [0.05, 0.1) is 5.56 Å². The second kappa shape index (κ2) is 7.64. The molecule has 1 aromatic carbocycles. The number of halogens is 4. The summed E-state index contributed by atoms with van der Waals surface area (Å²) in [5.74, 6) is 1.59. The number of carbonyl (C=O) groups excluding carboxylic acids is 1.